The van der Waals surface area contributed by atoms with E-state index in [0.29, 0.717) is 12.4 Å². The van der Waals surface area contributed by atoms with Crippen LogP contribution in [0.3, 0.4) is 0 Å². The summed E-state index contributed by atoms with van der Waals surface area (Å²) in [6.45, 7) is 0.460. The van der Waals surface area contributed by atoms with Crippen molar-refractivity contribution in [3.05, 3.63) is 54.2 Å². The van der Waals surface area contributed by atoms with Gasteiger partial charge in [-0.05, 0) is 17.7 Å². The van der Waals surface area contributed by atoms with E-state index in [2.05, 4.69) is 4.40 Å². The summed E-state index contributed by atoms with van der Waals surface area (Å²) in [7, 11) is -3.32. The molecule has 5 heteroatoms. The number of allylic oxidation sites excluding steroid dienone is 2. The number of sulfonamides is 1. The van der Waals surface area contributed by atoms with Gasteiger partial charge in [0, 0.05) is 18.3 Å². The molecule has 0 fully saturated rings. The molecule has 0 spiro atoms. The van der Waals surface area contributed by atoms with Gasteiger partial charge in [-0.2, -0.15) is 0 Å². The van der Waals surface area contributed by atoms with Gasteiger partial charge in [-0.3, -0.25) is 0 Å². The highest BCUT2D eigenvalue weighted by atomic mass is 32.2. The summed E-state index contributed by atoms with van der Waals surface area (Å²) in [5.41, 5.74) is 1.82. The zero-order valence-corrected chi connectivity index (χ0v) is 10.5. The van der Waals surface area contributed by atoms with Crippen LogP contribution in [-0.2, 0) is 10.0 Å². The Labute approximate surface area is 106 Å². The van der Waals surface area contributed by atoms with Gasteiger partial charge in [0.2, 0.25) is 0 Å². The lowest BCUT2D eigenvalue weighted by Crippen LogP contribution is -2.37. The number of fused-ring (bicyclic) bond motifs is 1. The lowest BCUT2D eigenvalue weighted by molar-refractivity contribution is 0.550. The third-order valence-corrected chi connectivity index (χ3v) is 4.09. The molecule has 18 heavy (non-hydrogen) atoms. The van der Waals surface area contributed by atoms with Gasteiger partial charge < -0.3 is 4.90 Å². The van der Waals surface area contributed by atoms with Crippen molar-refractivity contribution in [3.8, 4) is 0 Å². The zero-order chi connectivity index (χ0) is 12.6. The first kappa shape index (κ1) is 11.2. The van der Waals surface area contributed by atoms with Gasteiger partial charge in [0.25, 0.3) is 10.0 Å². The maximum Gasteiger partial charge on any atom is 0.256 e. The monoisotopic (exact) mass is 260 g/mol. The molecule has 0 saturated heterocycles. The molecule has 0 amide bonds. The molecule has 0 saturated carbocycles. The summed E-state index contributed by atoms with van der Waals surface area (Å²) < 4.78 is 27.1. The summed E-state index contributed by atoms with van der Waals surface area (Å²) >= 11 is 0. The van der Waals surface area contributed by atoms with E-state index >= 15 is 0 Å². The minimum absolute atomic E-state index is 0.0723. The fourth-order valence-corrected chi connectivity index (χ4v) is 3.04. The Morgan fingerprint density at radius 1 is 1.17 bits per heavy atom. The highest BCUT2D eigenvalue weighted by Gasteiger charge is 2.27. The molecule has 2 aliphatic heterocycles. The van der Waals surface area contributed by atoms with Crippen LogP contribution in [0.1, 0.15) is 5.56 Å². The van der Waals surface area contributed by atoms with Crippen LogP contribution < -0.4 is 0 Å². The normalized spacial score (nSPS) is 21.0. The highest BCUT2D eigenvalue weighted by molar-refractivity contribution is 7.90. The predicted molar refractivity (Wildman–Crippen MR) is 71.5 cm³/mol. The van der Waals surface area contributed by atoms with E-state index in [0.717, 1.165) is 11.1 Å². The lowest BCUT2D eigenvalue weighted by Gasteiger charge is -2.29. The van der Waals surface area contributed by atoms with Crippen molar-refractivity contribution in [2.24, 2.45) is 4.40 Å². The van der Waals surface area contributed by atoms with E-state index in [1.807, 2.05) is 53.6 Å². The van der Waals surface area contributed by atoms with Crippen LogP contribution in [0.15, 0.2) is 53.1 Å². The molecule has 0 unspecified atom stereocenters. The topological polar surface area (TPSA) is 49.7 Å². The molecule has 0 radical (unpaired) electrons. The smallest absolute Gasteiger partial charge is 0.256 e. The van der Waals surface area contributed by atoms with E-state index in [1.165, 1.54) is 0 Å². The first-order chi connectivity index (χ1) is 8.66. The van der Waals surface area contributed by atoms with Crippen LogP contribution in [0, 0.1) is 0 Å². The van der Waals surface area contributed by atoms with Crippen molar-refractivity contribution in [1.29, 1.82) is 0 Å². The molecule has 2 heterocycles. The predicted octanol–water partition coefficient (Wildman–Crippen LogP) is 1.64. The Bertz CT molecular complexity index is 657. The number of amidine groups is 1. The second-order valence-electron chi connectivity index (χ2n) is 4.18. The van der Waals surface area contributed by atoms with Gasteiger partial charge in [0.1, 0.15) is 0 Å². The van der Waals surface area contributed by atoms with Gasteiger partial charge in [0.15, 0.2) is 5.84 Å². The Kier molecular flexibility index (Phi) is 2.56. The maximum absolute atomic E-state index is 11.6. The molecule has 4 nitrogen and oxygen atoms in total. The first-order valence-electron chi connectivity index (χ1n) is 5.69. The minimum Gasteiger partial charge on any atom is -0.331 e. The second-order valence-corrected chi connectivity index (χ2v) is 5.94. The number of hydrogen-bond acceptors (Lipinski definition) is 3. The third kappa shape index (κ3) is 1.97. The molecule has 0 aromatic heterocycles. The minimum atomic E-state index is -3.32. The summed E-state index contributed by atoms with van der Waals surface area (Å²) in [6, 6.07) is 9.69. The SMILES string of the molecule is O=S1(=O)CCN2C=CC=C(c3ccccc3)C2=N1. The van der Waals surface area contributed by atoms with E-state index in [9.17, 15) is 8.42 Å². The number of nitrogens with zero attached hydrogens (tertiary/aromatic N) is 2. The molecular formula is C13H12N2O2S. The molecule has 0 aliphatic carbocycles. The average molecular weight is 260 g/mol. The molecular weight excluding hydrogens is 248 g/mol. The van der Waals surface area contributed by atoms with Gasteiger partial charge in [-0.25, -0.2) is 8.42 Å². The van der Waals surface area contributed by atoms with Crippen molar-refractivity contribution in [2.75, 3.05) is 12.3 Å². The molecule has 2 aliphatic rings. The first-order valence-corrected chi connectivity index (χ1v) is 7.30. The fraction of sp³-hybridized carbons (Fsp3) is 0.154. The van der Waals surface area contributed by atoms with Crippen LogP contribution in [0.4, 0.5) is 0 Å². The Morgan fingerprint density at radius 3 is 2.72 bits per heavy atom. The lowest BCUT2D eigenvalue weighted by atomic mass is 10.0. The fourth-order valence-electron chi connectivity index (χ4n) is 2.06. The molecule has 92 valence electrons. The summed E-state index contributed by atoms with van der Waals surface area (Å²) in [6.07, 6.45) is 5.67. The molecule has 0 N–H and O–H groups in total. The van der Waals surface area contributed by atoms with E-state index in [1.54, 1.807) is 0 Å². The van der Waals surface area contributed by atoms with Crippen molar-refractivity contribution in [2.45, 2.75) is 0 Å². The maximum atomic E-state index is 11.6. The highest BCUT2D eigenvalue weighted by Crippen LogP contribution is 2.25. The van der Waals surface area contributed by atoms with E-state index in [-0.39, 0.29) is 5.75 Å². The van der Waals surface area contributed by atoms with Gasteiger partial charge in [-0.1, -0.05) is 30.3 Å². The zero-order valence-electron chi connectivity index (χ0n) is 9.65. The van der Waals surface area contributed by atoms with Crippen LogP contribution >= 0.6 is 0 Å². The Balaban J connectivity index is 2.12. The van der Waals surface area contributed by atoms with E-state index < -0.39 is 10.0 Å². The second kappa shape index (κ2) is 4.10. The van der Waals surface area contributed by atoms with Gasteiger partial charge >= 0.3 is 0 Å². The molecule has 3 rings (SSSR count). The van der Waals surface area contributed by atoms with E-state index in [4.69, 9.17) is 0 Å². The number of hydrogen-bond donors (Lipinski definition) is 0. The van der Waals surface area contributed by atoms with Crippen molar-refractivity contribution in [1.82, 2.24) is 4.90 Å². The van der Waals surface area contributed by atoms with Crippen molar-refractivity contribution in [3.63, 3.8) is 0 Å². The van der Waals surface area contributed by atoms with Gasteiger partial charge in [0.05, 0.1) is 5.75 Å². The van der Waals surface area contributed by atoms with Crippen LogP contribution in [-0.4, -0.2) is 31.5 Å². The molecule has 1 aromatic rings. The summed E-state index contributed by atoms with van der Waals surface area (Å²) in [5, 5.41) is 0. The third-order valence-electron chi connectivity index (χ3n) is 2.94. The summed E-state index contributed by atoms with van der Waals surface area (Å²) in [4.78, 5) is 1.88. The molecule has 1 aromatic carbocycles. The molecule has 0 atom stereocenters. The summed E-state index contributed by atoms with van der Waals surface area (Å²) in [5.74, 6) is 0.595. The average Bonchev–Trinajstić information content (AvgIpc) is 2.38. The number of benzene rings is 1. The van der Waals surface area contributed by atoms with Crippen LogP contribution in [0.25, 0.3) is 5.57 Å². The van der Waals surface area contributed by atoms with Crippen LogP contribution in [0.5, 0.6) is 0 Å². The Hall–Kier alpha value is -1.88. The van der Waals surface area contributed by atoms with Crippen molar-refractivity contribution < 1.29 is 8.42 Å². The number of rotatable bonds is 1. The van der Waals surface area contributed by atoms with Crippen LogP contribution in [0.2, 0.25) is 0 Å². The van der Waals surface area contributed by atoms with Gasteiger partial charge in [-0.15, -0.1) is 4.40 Å². The molecule has 0 bridgehead atoms. The Morgan fingerprint density at radius 2 is 1.94 bits per heavy atom. The standard InChI is InChI=1S/C13H12N2O2S/c16-18(17)10-9-15-8-4-7-12(13(15)14-18)11-5-2-1-3-6-11/h1-8H,9-10H2. The largest absolute Gasteiger partial charge is 0.331 e. The van der Waals surface area contributed by atoms with Crippen molar-refractivity contribution >= 4 is 21.4 Å². The quantitative estimate of drug-likeness (QED) is 0.771.